The molecule has 0 spiro atoms. The molecule has 0 aliphatic carbocycles. The second-order valence-electron chi connectivity index (χ2n) is 4.27. The lowest BCUT2D eigenvalue weighted by Gasteiger charge is -2.17. The normalized spacial score (nSPS) is 14.3. The zero-order valence-corrected chi connectivity index (χ0v) is 11.6. The molecule has 5 heteroatoms. The first-order valence-electron chi connectivity index (χ1n) is 5.88. The van der Waals surface area contributed by atoms with Crippen molar-refractivity contribution in [2.75, 3.05) is 26.0 Å². The van der Waals surface area contributed by atoms with Crippen LogP contribution in [0.2, 0.25) is 0 Å². The highest BCUT2D eigenvalue weighted by Gasteiger charge is 2.16. The summed E-state index contributed by atoms with van der Waals surface area (Å²) in [5.74, 6) is 0.274. The monoisotopic (exact) mass is 251 g/mol. The number of sulfone groups is 1. The molecule has 0 radical (unpaired) electrons. The van der Waals surface area contributed by atoms with Crippen LogP contribution in [0.25, 0.3) is 0 Å². The van der Waals surface area contributed by atoms with Crippen LogP contribution < -0.4 is 5.32 Å². The minimum Gasteiger partial charge on any atom is -0.383 e. The van der Waals surface area contributed by atoms with Crippen LogP contribution in [0, 0.1) is 0 Å². The van der Waals surface area contributed by atoms with E-state index in [1.165, 1.54) is 0 Å². The lowest BCUT2D eigenvalue weighted by Crippen LogP contribution is -2.33. The molecule has 0 saturated carbocycles. The minimum absolute atomic E-state index is 0.261. The summed E-state index contributed by atoms with van der Waals surface area (Å²) >= 11 is 0. The van der Waals surface area contributed by atoms with Crippen LogP contribution >= 0.6 is 0 Å². The van der Waals surface area contributed by atoms with Crippen molar-refractivity contribution in [2.45, 2.75) is 44.9 Å². The van der Waals surface area contributed by atoms with Crippen molar-refractivity contribution in [1.82, 2.24) is 5.32 Å². The Bertz CT molecular complexity index is 256. The first kappa shape index (κ1) is 15.9. The fourth-order valence-corrected chi connectivity index (χ4v) is 2.54. The first-order valence-corrected chi connectivity index (χ1v) is 7.59. The van der Waals surface area contributed by atoms with E-state index in [1.54, 1.807) is 21.0 Å². The Labute approximate surface area is 99.7 Å². The quantitative estimate of drug-likeness (QED) is 0.669. The molecule has 0 amide bonds. The lowest BCUT2D eigenvalue weighted by molar-refractivity contribution is 0.163. The van der Waals surface area contributed by atoms with Gasteiger partial charge < -0.3 is 10.1 Å². The molecule has 0 aromatic heterocycles. The van der Waals surface area contributed by atoms with Crippen LogP contribution in [0.4, 0.5) is 0 Å². The van der Waals surface area contributed by atoms with Crippen LogP contribution in [-0.4, -0.2) is 45.7 Å². The van der Waals surface area contributed by atoms with E-state index >= 15 is 0 Å². The van der Waals surface area contributed by atoms with Gasteiger partial charge in [-0.1, -0.05) is 6.92 Å². The third kappa shape index (κ3) is 6.45. The minimum atomic E-state index is -2.89. The van der Waals surface area contributed by atoms with E-state index in [9.17, 15) is 8.42 Å². The van der Waals surface area contributed by atoms with Gasteiger partial charge in [0.1, 0.15) is 0 Å². The molecule has 0 bridgehead atoms. The van der Waals surface area contributed by atoms with Gasteiger partial charge in [0.15, 0.2) is 9.84 Å². The van der Waals surface area contributed by atoms with Crippen LogP contribution in [0.15, 0.2) is 0 Å². The SMILES string of the molecule is CCNC(CCCS(=O)(=O)C(C)C)COC. The maximum absolute atomic E-state index is 11.6. The standard InChI is InChI=1S/C11H25NO3S/c1-5-12-11(9-15-4)7-6-8-16(13,14)10(2)3/h10-12H,5-9H2,1-4H3. The second-order valence-corrected chi connectivity index (χ2v) is 6.94. The topological polar surface area (TPSA) is 55.4 Å². The molecule has 4 nitrogen and oxygen atoms in total. The summed E-state index contributed by atoms with van der Waals surface area (Å²) in [7, 11) is -1.23. The van der Waals surface area contributed by atoms with Gasteiger partial charge in [-0.15, -0.1) is 0 Å². The molecule has 0 aliphatic heterocycles. The Hall–Kier alpha value is -0.130. The highest BCUT2D eigenvalue weighted by Crippen LogP contribution is 2.06. The van der Waals surface area contributed by atoms with E-state index in [-0.39, 0.29) is 17.0 Å². The number of hydrogen-bond donors (Lipinski definition) is 1. The molecule has 0 aliphatic rings. The Morgan fingerprint density at radius 1 is 1.31 bits per heavy atom. The van der Waals surface area contributed by atoms with Gasteiger partial charge in [-0.2, -0.15) is 0 Å². The number of hydrogen-bond acceptors (Lipinski definition) is 4. The van der Waals surface area contributed by atoms with E-state index in [4.69, 9.17) is 4.74 Å². The van der Waals surface area contributed by atoms with Crippen molar-refractivity contribution in [3.05, 3.63) is 0 Å². The molecular formula is C11H25NO3S. The van der Waals surface area contributed by atoms with Crippen molar-refractivity contribution in [1.29, 1.82) is 0 Å². The molecule has 0 saturated heterocycles. The Kier molecular flexibility index (Phi) is 7.97. The average molecular weight is 251 g/mol. The smallest absolute Gasteiger partial charge is 0.152 e. The Morgan fingerprint density at radius 2 is 1.94 bits per heavy atom. The fourth-order valence-electron chi connectivity index (χ4n) is 1.50. The lowest BCUT2D eigenvalue weighted by atomic mass is 10.2. The maximum Gasteiger partial charge on any atom is 0.152 e. The number of methoxy groups -OCH3 is 1. The molecule has 0 fully saturated rings. The van der Waals surface area contributed by atoms with Gasteiger partial charge in [0.05, 0.1) is 17.6 Å². The van der Waals surface area contributed by atoms with Crippen molar-refractivity contribution >= 4 is 9.84 Å². The van der Waals surface area contributed by atoms with Crippen LogP contribution in [0.1, 0.15) is 33.6 Å². The van der Waals surface area contributed by atoms with Crippen molar-refractivity contribution in [3.63, 3.8) is 0 Å². The van der Waals surface area contributed by atoms with Crippen molar-refractivity contribution in [3.8, 4) is 0 Å². The van der Waals surface area contributed by atoms with Crippen LogP contribution in [0.3, 0.4) is 0 Å². The van der Waals surface area contributed by atoms with Crippen molar-refractivity contribution in [2.24, 2.45) is 0 Å². The predicted octanol–water partition coefficient (Wildman–Crippen LogP) is 1.21. The van der Waals surface area contributed by atoms with Gasteiger partial charge in [0.2, 0.25) is 0 Å². The predicted molar refractivity (Wildman–Crippen MR) is 67.5 cm³/mol. The summed E-state index contributed by atoms with van der Waals surface area (Å²) < 4.78 is 28.2. The number of likely N-dealkylation sites (N-methyl/N-ethyl adjacent to an activating group) is 1. The molecular weight excluding hydrogens is 226 g/mol. The molecule has 1 N–H and O–H groups in total. The summed E-state index contributed by atoms with van der Waals surface area (Å²) in [5.41, 5.74) is 0. The van der Waals surface area contributed by atoms with Crippen LogP contribution in [-0.2, 0) is 14.6 Å². The Morgan fingerprint density at radius 3 is 2.38 bits per heavy atom. The zero-order chi connectivity index (χ0) is 12.6. The molecule has 0 rings (SSSR count). The summed E-state index contributed by atoms with van der Waals surface area (Å²) in [6.45, 7) is 7.01. The molecule has 0 aromatic carbocycles. The second kappa shape index (κ2) is 8.03. The van der Waals surface area contributed by atoms with Gasteiger partial charge in [0.25, 0.3) is 0 Å². The van der Waals surface area contributed by atoms with Crippen molar-refractivity contribution < 1.29 is 13.2 Å². The highest BCUT2D eigenvalue weighted by molar-refractivity contribution is 7.91. The number of rotatable bonds is 9. The summed E-state index contributed by atoms with van der Waals surface area (Å²) in [6.07, 6.45) is 1.54. The summed E-state index contributed by atoms with van der Waals surface area (Å²) in [5, 5.41) is 3.01. The van der Waals surface area contributed by atoms with Gasteiger partial charge in [0, 0.05) is 13.2 Å². The molecule has 0 heterocycles. The number of nitrogens with one attached hydrogen (secondary N) is 1. The fraction of sp³-hybridized carbons (Fsp3) is 1.00. The largest absolute Gasteiger partial charge is 0.383 e. The molecule has 1 atom stereocenters. The van der Waals surface area contributed by atoms with E-state index in [0.29, 0.717) is 13.0 Å². The number of ether oxygens (including phenoxy) is 1. The summed E-state index contributed by atoms with van der Waals surface area (Å²) in [4.78, 5) is 0. The van der Waals surface area contributed by atoms with E-state index < -0.39 is 9.84 Å². The Balaban J connectivity index is 3.94. The third-order valence-electron chi connectivity index (χ3n) is 2.56. The molecule has 16 heavy (non-hydrogen) atoms. The van der Waals surface area contributed by atoms with Gasteiger partial charge >= 0.3 is 0 Å². The maximum atomic E-state index is 11.6. The summed E-state index contributed by atoms with van der Waals surface area (Å²) in [6, 6.07) is 0.261. The van der Waals surface area contributed by atoms with Gasteiger partial charge in [-0.3, -0.25) is 0 Å². The van der Waals surface area contributed by atoms with Crippen LogP contribution in [0.5, 0.6) is 0 Å². The molecule has 0 aromatic rings. The van der Waals surface area contributed by atoms with E-state index in [0.717, 1.165) is 13.0 Å². The zero-order valence-electron chi connectivity index (χ0n) is 10.8. The highest BCUT2D eigenvalue weighted by atomic mass is 32.2. The van der Waals surface area contributed by atoms with E-state index in [2.05, 4.69) is 5.32 Å². The van der Waals surface area contributed by atoms with Gasteiger partial charge in [-0.25, -0.2) is 8.42 Å². The molecule has 1 unspecified atom stereocenters. The third-order valence-corrected chi connectivity index (χ3v) is 4.85. The van der Waals surface area contributed by atoms with Gasteiger partial charge in [-0.05, 0) is 33.2 Å². The first-order chi connectivity index (χ1) is 7.44. The molecule has 98 valence electrons. The average Bonchev–Trinajstić information content (AvgIpc) is 2.17. The van der Waals surface area contributed by atoms with E-state index in [1.807, 2.05) is 6.92 Å².